The Morgan fingerprint density at radius 3 is 2.91 bits per heavy atom. The van der Waals surface area contributed by atoms with Crippen molar-refractivity contribution < 1.29 is 9.15 Å². The molecule has 1 N–H and O–H groups in total. The number of piperazine rings is 1. The third-order valence-electron chi connectivity index (χ3n) is 3.88. The molecule has 1 aliphatic rings. The van der Waals surface area contributed by atoms with Gasteiger partial charge in [-0.3, -0.25) is 4.98 Å². The van der Waals surface area contributed by atoms with Crippen LogP contribution < -0.4 is 15.0 Å². The summed E-state index contributed by atoms with van der Waals surface area (Å²) in [6.45, 7) is 4.13. The first-order chi connectivity index (χ1) is 11.4. The summed E-state index contributed by atoms with van der Waals surface area (Å²) < 4.78 is 11.5. The van der Waals surface area contributed by atoms with Crippen molar-refractivity contribution in [2.45, 2.75) is 6.61 Å². The van der Waals surface area contributed by atoms with Crippen molar-refractivity contribution in [3.05, 3.63) is 48.5 Å². The molecule has 0 unspecified atom stereocenters. The van der Waals surface area contributed by atoms with Gasteiger partial charge in [-0.05, 0) is 12.1 Å². The van der Waals surface area contributed by atoms with Crippen LogP contribution in [0, 0.1) is 0 Å². The number of hydrogen-bond acceptors (Lipinski definition) is 6. The van der Waals surface area contributed by atoms with E-state index in [4.69, 9.17) is 9.15 Å². The molecule has 0 amide bonds. The smallest absolute Gasteiger partial charge is 0.234 e. The molecule has 3 aromatic rings. The van der Waals surface area contributed by atoms with E-state index in [0.29, 0.717) is 12.5 Å². The van der Waals surface area contributed by atoms with Gasteiger partial charge in [-0.2, -0.15) is 4.98 Å². The van der Waals surface area contributed by atoms with Gasteiger partial charge in [0.2, 0.25) is 5.88 Å². The number of para-hydroxylation sites is 1. The third kappa shape index (κ3) is 3.12. The zero-order chi connectivity index (χ0) is 15.5. The Bertz CT molecular complexity index is 763. The van der Waals surface area contributed by atoms with E-state index in [2.05, 4.69) is 20.2 Å². The summed E-state index contributed by atoms with van der Waals surface area (Å²) in [4.78, 5) is 11.0. The second-order valence-corrected chi connectivity index (χ2v) is 5.49. The molecule has 0 atom stereocenters. The fraction of sp³-hybridized carbons (Fsp3) is 0.294. The molecular weight excluding hydrogens is 292 g/mol. The van der Waals surface area contributed by atoms with E-state index in [9.17, 15) is 0 Å². The number of nitrogens with one attached hydrogen (secondary N) is 1. The predicted octanol–water partition coefficient (Wildman–Crippen LogP) is 2.21. The summed E-state index contributed by atoms with van der Waals surface area (Å²) in [5.74, 6) is 2.15. The first kappa shape index (κ1) is 14.0. The maximum atomic E-state index is 5.74. The van der Waals surface area contributed by atoms with Crippen LogP contribution in [-0.4, -0.2) is 36.1 Å². The minimum absolute atomic E-state index is 0.342. The molecule has 2 aromatic heterocycles. The molecule has 118 valence electrons. The maximum absolute atomic E-state index is 5.74. The Morgan fingerprint density at radius 1 is 1.17 bits per heavy atom. The lowest BCUT2D eigenvalue weighted by molar-refractivity contribution is 0.263. The topological polar surface area (TPSA) is 63.4 Å². The molecule has 3 heterocycles. The minimum Gasteiger partial charge on any atom is -0.468 e. The molecule has 1 saturated heterocycles. The summed E-state index contributed by atoms with van der Waals surface area (Å²) in [5, 5.41) is 4.40. The van der Waals surface area contributed by atoms with Gasteiger partial charge in [0.1, 0.15) is 18.0 Å². The van der Waals surface area contributed by atoms with Gasteiger partial charge in [0.05, 0.1) is 12.4 Å². The number of furan rings is 1. The number of ether oxygens (including phenoxy) is 1. The summed E-state index contributed by atoms with van der Waals surface area (Å²) in [7, 11) is 0. The van der Waals surface area contributed by atoms with E-state index >= 15 is 0 Å². The largest absolute Gasteiger partial charge is 0.468 e. The minimum atomic E-state index is 0.342. The lowest BCUT2D eigenvalue weighted by Gasteiger charge is -2.28. The SMILES string of the molecule is c1ccc2oc(COc3cncc(N4CCNCC4)n3)cc2c1. The fourth-order valence-electron chi connectivity index (χ4n) is 2.71. The zero-order valence-corrected chi connectivity index (χ0v) is 12.7. The number of rotatable bonds is 4. The molecular formula is C17H18N4O2. The molecule has 0 radical (unpaired) electrons. The van der Waals surface area contributed by atoms with Gasteiger partial charge >= 0.3 is 0 Å². The van der Waals surface area contributed by atoms with Crippen LogP contribution in [0.2, 0.25) is 0 Å². The Hall–Kier alpha value is -2.60. The van der Waals surface area contributed by atoms with Crippen LogP contribution in [0.1, 0.15) is 5.76 Å². The van der Waals surface area contributed by atoms with Crippen LogP contribution in [0.3, 0.4) is 0 Å². The Kier molecular flexibility index (Phi) is 3.81. The predicted molar refractivity (Wildman–Crippen MR) is 87.7 cm³/mol. The normalized spacial score (nSPS) is 15.0. The second kappa shape index (κ2) is 6.26. The monoisotopic (exact) mass is 310 g/mol. The van der Waals surface area contributed by atoms with Crippen LogP contribution >= 0.6 is 0 Å². The average molecular weight is 310 g/mol. The van der Waals surface area contributed by atoms with Gasteiger partial charge in [0.15, 0.2) is 5.82 Å². The quantitative estimate of drug-likeness (QED) is 0.797. The maximum Gasteiger partial charge on any atom is 0.234 e. The van der Waals surface area contributed by atoms with Gasteiger partial charge < -0.3 is 19.4 Å². The van der Waals surface area contributed by atoms with Crippen molar-refractivity contribution in [2.75, 3.05) is 31.1 Å². The average Bonchev–Trinajstić information content (AvgIpc) is 3.04. The molecule has 1 aliphatic heterocycles. The number of aromatic nitrogens is 2. The number of benzene rings is 1. The van der Waals surface area contributed by atoms with E-state index in [0.717, 1.165) is 48.7 Å². The number of hydrogen-bond donors (Lipinski definition) is 1. The lowest BCUT2D eigenvalue weighted by atomic mass is 10.2. The molecule has 4 rings (SSSR count). The number of anilines is 1. The van der Waals surface area contributed by atoms with Crippen LogP contribution in [0.15, 0.2) is 47.1 Å². The van der Waals surface area contributed by atoms with Crippen molar-refractivity contribution >= 4 is 16.8 Å². The standard InChI is InChI=1S/C17H18N4O2/c1-2-4-15-13(3-1)9-14(23-15)12-22-17-11-19-10-16(20-17)21-7-5-18-6-8-21/h1-4,9-11,18H,5-8,12H2. The molecule has 6 nitrogen and oxygen atoms in total. The van der Waals surface area contributed by atoms with Crippen LogP contribution in [0.4, 0.5) is 5.82 Å². The van der Waals surface area contributed by atoms with Crippen LogP contribution in [-0.2, 0) is 6.61 Å². The Labute approximate surface area is 134 Å². The van der Waals surface area contributed by atoms with Gasteiger partial charge in [0.25, 0.3) is 0 Å². The Morgan fingerprint density at radius 2 is 2.04 bits per heavy atom. The Balaban J connectivity index is 1.46. The van der Waals surface area contributed by atoms with Crippen molar-refractivity contribution in [3.8, 4) is 5.88 Å². The summed E-state index contributed by atoms with van der Waals surface area (Å²) in [6.07, 6.45) is 3.41. The highest BCUT2D eigenvalue weighted by Crippen LogP contribution is 2.20. The zero-order valence-electron chi connectivity index (χ0n) is 12.7. The highest BCUT2D eigenvalue weighted by atomic mass is 16.5. The summed E-state index contributed by atoms with van der Waals surface area (Å²) >= 11 is 0. The molecule has 1 fully saturated rings. The lowest BCUT2D eigenvalue weighted by Crippen LogP contribution is -2.43. The fourth-order valence-corrected chi connectivity index (χ4v) is 2.71. The van der Waals surface area contributed by atoms with E-state index in [-0.39, 0.29) is 0 Å². The third-order valence-corrected chi connectivity index (χ3v) is 3.88. The van der Waals surface area contributed by atoms with E-state index in [1.54, 1.807) is 12.4 Å². The van der Waals surface area contributed by atoms with Crippen molar-refractivity contribution in [1.82, 2.24) is 15.3 Å². The van der Waals surface area contributed by atoms with Crippen LogP contribution in [0.5, 0.6) is 5.88 Å². The highest BCUT2D eigenvalue weighted by Gasteiger charge is 2.13. The molecule has 0 aliphatic carbocycles. The number of fused-ring (bicyclic) bond motifs is 1. The van der Waals surface area contributed by atoms with Crippen molar-refractivity contribution in [3.63, 3.8) is 0 Å². The van der Waals surface area contributed by atoms with Gasteiger partial charge in [-0.1, -0.05) is 18.2 Å². The highest BCUT2D eigenvalue weighted by molar-refractivity contribution is 5.77. The first-order valence-corrected chi connectivity index (χ1v) is 7.76. The molecule has 6 heteroatoms. The van der Waals surface area contributed by atoms with Crippen molar-refractivity contribution in [2.24, 2.45) is 0 Å². The van der Waals surface area contributed by atoms with Gasteiger partial charge in [0, 0.05) is 31.6 Å². The van der Waals surface area contributed by atoms with E-state index < -0.39 is 0 Å². The summed E-state index contributed by atoms with van der Waals surface area (Å²) in [6, 6.07) is 9.91. The summed E-state index contributed by atoms with van der Waals surface area (Å²) in [5.41, 5.74) is 0.867. The van der Waals surface area contributed by atoms with Crippen LogP contribution in [0.25, 0.3) is 11.0 Å². The second-order valence-electron chi connectivity index (χ2n) is 5.49. The molecule has 0 bridgehead atoms. The molecule has 23 heavy (non-hydrogen) atoms. The number of nitrogens with zero attached hydrogens (tertiary/aromatic N) is 3. The van der Waals surface area contributed by atoms with Gasteiger partial charge in [-0.25, -0.2) is 0 Å². The van der Waals surface area contributed by atoms with Gasteiger partial charge in [-0.15, -0.1) is 0 Å². The van der Waals surface area contributed by atoms with E-state index in [1.807, 2.05) is 30.3 Å². The molecule has 1 aromatic carbocycles. The molecule has 0 saturated carbocycles. The van der Waals surface area contributed by atoms with Crippen molar-refractivity contribution in [1.29, 1.82) is 0 Å². The van der Waals surface area contributed by atoms with E-state index in [1.165, 1.54) is 0 Å². The first-order valence-electron chi connectivity index (χ1n) is 7.76. The molecule has 0 spiro atoms.